The smallest absolute Gasteiger partial charge is 0.329 e. The van der Waals surface area contributed by atoms with Crippen LogP contribution in [0.15, 0.2) is 72.4 Å². The molecule has 1 saturated heterocycles. The standard InChI is InChI=1S/C27H20Cl2FN3O2/c1-16-21(13-24-26(34)33(27(35)31-24)15-18-6-2-4-8-23(18)30)20-7-3-5-9-25(20)32(16)14-17-10-11-19(28)12-22(17)29/h2-13H,14-15H2,1H3,(H,31,35)/b24-13+. The Balaban J connectivity index is 1.52. The second-order valence-electron chi connectivity index (χ2n) is 8.31. The third kappa shape index (κ3) is 4.31. The number of carbonyl (C=O) groups is 2. The first kappa shape index (κ1) is 23.1. The van der Waals surface area contributed by atoms with Crippen molar-refractivity contribution in [3.8, 4) is 0 Å². The second kappa shape index (κ2) is 9.21. The fourth-order valence-corrected chi connectivity index (χ4v) is 4.79. The molecule has 35 heavy (non-hydrogen) atoms. The first-order valence-electron chi connectivity index (χ1n) is 10.9. The van der Waals surface area contributed by atoms with Gasteiger partial charge >= 0.3 is 6.03 Å². The molecule has 0 bridgehead atoms. The van der Waals surface area contributed by atoms with E-state index in [1.807, 2.05) is 37.3 Å². The molecule has 0 radical (unpaired) electrons. The minimum atomic E-state index is -0.584. The lowest BCUT2D eigenvalue weighted by Gasteiger charge is -2.12. The first-order valence-corrected chi connectivity index (χ1v) is 11.7. The number of fused-ring (bicyclic) bond motifs is 1. The van der Waals surface area contributed by atoms with E-state index in [4.69, 9.17) is 23.2 Å². The summed E-state index contributed by atoms with van der Waals surface area (Å²) in [6.45, 7) is 2.31. The van der Waals surface area contributed by atoms with Crippen LogP contribution in [0.4, 0.5) is 9.18 Å². The summed E-state index contributed by atoms with van der Waals surface area (Å²) in [5.41, 5.74) is 3.98. The Labute approximate surface area is 211 Å². The zero-order chi connectivity index (χ0) is 24.7. The molecule has 1 fully saturated rings. The van der Waals surface area contributed by atoms with Crippen LogP contribution in [0.3, 0.4) is 0 Å². The molecule has 1 aliphatic heterocycles. The van der Waals surface area contributed by atoms with Crippen molar-refractivity contribution in [2.75, 3.05) is 0 Å². The Bertz CT molecular complexity index is 1530. The van der Waals surface area contributed by atoms with Crippen LogP contribution in [0.25, 0.3) is 17.0 Å². The fourth-order valence-electron chi connectivity index (χ4n) is 4.32. The molecule has 5 rings (SSSR count). The number of nitrogens with zero attached hydrogens (tertiary/aromatic N) is 2. The van der Waals surface area contributed by atoms with Gasteiger partial charge in [0.2, 0.25) is 0 Å². The molecule has 1 aromatic heterocycles. The van der Waals surface area contributed by atoms with E-state index >= 15 is 0 Å². The Morgan fingerprint density at radius 3 is 2.46 bits per heavy atom. The molecule has 0 atom stereocenters. The Kier molecular flexibility index (Phi) is 6.09. The predicted octanol–water partition coefficient (Wildman–Crippen LogP) is 6.54. The highest BCUT2D eigenvalue weighted by Crippen LogP contribution is 2.31. The largest absolute Gasteiger partial charge is 0.340 e. The minimum absolute atomic E-state index is 0.141. The van der Waals surface area contributed by atoms with Crippen molar-refractivity contribution in [3.05, 3.63) is 111 Å². The molecule has 8 heteroatoms. The number of hydrogen-bond acceptors (Lipinski definition) is 2. The average Bonchev–Trinajstić information content (AvgIpc) is 3.25. The summed E-state index contributed by atoms with van der Waals surface area (Å²) in [4.78, 5) is 26.6. The van der Waals surface area contributed by atoms with Gasteiger partial charge in [0.1, 0.15) is 11.5 Å². The summed E-state index contributed by atoms with van der Waals surface area (Å²) < 4.78 is 16.2. The van der Waals surface area contributed by atoms with Crippen molar-refractivity contribution in [2.45, 2.75) is 20.0 Å². The van der Waals surface area contributed by atoms with Crippen molar-refractivity contribution < 1.29 is 14.0 Å². The minimum Gasteiger partial charge on any atom is -0.340 e. The highest BCUT2D eigenvalue weighted by atomic mass is 35.5. The number of para-hydroxylation sites is 1. The van der Waals surface area contributed by atoms with Crippen LogP contribution in [0.1, 0.15) is 22.4 Å². The van der Waals surface area contributed by atoms with Crippen LogP contribution < -0.4 is 5.32 Å². The van der Waals surface area contributed by atoms with Crippen LogP contribution >= 0.6 is 23.2 Å². The molecule has 1 N–H and O–H groups in total. The SMILES string of the molecule is Cc1c(/C=C2/NC(=O)N(Cc3ccccc3F)C2=O)c2ccccc2n1Cc1ccc(Cl)cc1Cl. The lowest BCUT2D eigenvalue weighted by molar-refractivity contribution is -0.123. The van der Waals surface area contributed by atoms with Gasteiger partial charge in [-0.3, -0.25) is 9.69 Å². The number of benzene rings is 3. The third-order valence-corrected chi connectivity index (χ3v) is 6.75. The van der Waals surface area contributed by atoms with Crippen LogP contribution in [0.2, 0.25) is 10.0 Å². The summed E-state index contributed by atoms with van der Waals surface area (Å²) in [5, 5.41) is 4.70. The van der Waals surface area contributed by atoms with Gasteiger partial charge in [0.25, 0.3) is 5.91 Å². The quantitative estimate of drug-likeness (QED) is 0.246. The van der Waals surface area contributed by atoms with E-state index in [1.165, 1.54) is 6.07 Å². The van der Waals surface area contributed by atoms with E-state index in [-0.39, 0.29) is 17.8 Å². The topological polar surface area (TPSA) is 54.3 Å². The molecule has 0 saturated carbocycles. The molecule has 4 aromatic rings. The molecule has 176 valence electrons. The van der Waals surface area contributed by atoms with E-state index in [0.29, 0.717) is 16.6 Å². The van der Waals surface area contributed by atoms with E-state index in [0.717, 1.165) is 32.6 Å². The molecule has 0 aliphatic carbocycles. The van der Waals surface area contributed by atoms with Gasteiger partial charge in [-0.05, 0) is 42.8 Å². The molecule has 5 nitrogen and oxygen atoms in total. The number of rotatable bonds is 5. The van der Waals surface area contributed by atoms with E-state index < -0.39 is 17.8 Å². The number of amides is 3. The van der Waals surface area contributed by atoms with Crippen LogP contribution in [0, 0.1) is 12.7 Å². The van der Waals surface area contributed by atoms with Gasteiger partial charge in [-0.2, -0.15) is 0 Å². The Morgan fingerprint density at radius 1 is 0.943 bits per heavy atom. The zero-order valence-electron chi connectivity index (χ0n) is 18.7. The van der Waals surface area contributed by atoms with Gasteiger partial charge in [0, 0.05) is 44.3 Å². The highest BCUT2D eigenvalue weighted by Gasteiger charge is 2.34. The van der Waals surface area contributed by atoms with Gasteiger partial charge in [0.05, 0.1) is 6.54 Å². The summed E-state index contributed by atoms with van der Waals surface area (Å²) in [6, 6.07) is 18.7. The van der Waals surface area contributed by atoms with Crippen LogP contribution in [-0.4, -0.2) is 21.4 Å². The molecule has 1 aliphatic rings. The van der Waals surface area contributed by atoms with E-state index in [9.17, 15) is 14.0 Å². The van der Waals surface area contributed by atoms with E-state index in [1.54, 1.807) is 36.4 Å². The van der Waals surface area contributed by atoms with Gasteiger partial charge in [-0.15, -0.1) is 0 Å². The third-order valence-electron chi connectivity index (χ3n) is 6.16. The number of carbonyl (C=O) groups excluding carboxylic acids is 2. The summed E-state index contributed by atoms with van der Waals surface area (Å²) in [6.07, 6.45) is 1.68. The maximum absolute atomic E-state index is 14.1. The Morgan fingerprint density at radius 2 is 1.69 bits per heavy atom. The van der Waals surface area contributed by atoms with Crippen molar-refractivity contribution in [1.82, 2.24) is 14.8 Å². The number of aromatic nitrogens is 1. The number of nitrogens with one attached hydrogen (secondary N) is 1. The number of hydrogen-bond donors (Lipinski definition) is 1. The summed E-state index contributed by atoms with van der Waals surface area (Å²) in [5.74, 6) is -0.972. The maximum atomic E-state index is 14.1. The normalized spacial score (nSPS) is 14.9. The lowest BCUT2D eigenvalue weighted by Crippen LogP contribution is -2.30. The van der Waals surface area contributed by atoms with E-state index in [2.05, 4.69) is 9.88 Å². The average molecular weight is 508 g/mol. The molecular weight excluding hydrogens is 488 g/mol. The molecular formula is C27H20Cl2FN3O2. The van der Waals surface area contributed by atoms with Gasteiger partial charge < -0.3 is 9.88 Å². The van der Waals surface area contributed by atoms with Crippen molar-refractivity contribution in [3.63, 3.8) is 0 Å². The summed E-state index contributed by atoms with van der Waals surface area (Å²) in [7, 11) is 0. The molecule has 0 spiro atoms. The lowest BCUT2D eigenvalue weighted by atomic mass is 10.1. The highest BCUT2D eigenvalue weighted by molar-refractivity contribution is 6.35. The number of halogens is 3. The molecule has 2 heterocycles. The predicted molar refractivity (Wildman–Crippen MR) is 136 cm³/mol. The van der Waals surface area contributed by atoms with Crippen LogP contribution in [-0.2, 0) is 17.9 Å². The number of imide groups is 1. The van der Waals surface area contributed by atoms with Gasteiger partial charge in [0.15, 0.2) is 0 Å². The molecule has 3 amide bonds. The monoisotopic (exact) mass is 507 g/mol. The van der Waals surface area contributed by atoms with Crippen molar-refractivity contribution >= 4 is 52.1 Å². The Hall–Kier alpha value is -3.61. The van der Waals surface area contributed by atoms with Crippen LogP contribution in [0.5, 0.6) is 0 Å². The fraction of sp³-hybridized carbons (Fsp3) is 0.111. The zero-order valence-corrected chi connectivity index (χ0v) is 20.2. The number of urea groups is 1. The van der Waals surface area contributed by atoms with Crippen molar-refractivity contribution in [1.29, 1.82) is 0 Å². The van der Waals surface area contributed by atoms with Gasteiger partial charge in [-0.25, -0.2) is 9.18 Å². The van der Waals surface area contributed by atoms with Gasteiger partial charge in [-0.1, -0.05) is 65.7 Å². The van der Waals surface area contributed by atoms with Crippen molar-refractivity contribution in [2.24, 2.45) is 0 Å². The molecule has 3 aromatic carbocycles. The first-order chi connectivity index (χ1) is 16.8. The molecule has 0 unspecified atom stereocenters. The second-order valence-corrected chi connectivity index (χ2v) is 9.15. The summed E-state index contributed by atoms with van der Waals surface area (Å²) >= 11 is 12.5. The maximum Gasteiger partial charge on any atom is 0.329 e.